The minimum Gasteiger partial charge on any atom is -0.490 e. The highest BCUT2D eigenvalue weighted by Crippen LogP contribution is 2.43. The molecule has 1 N–H and O–H groups in total. The first kappa shape index (κ1) is 20.0. The van der Waals surface area contributed by atoms with Crippen LogP contribution in [0.4, 0.5) is 0 Å². The first-order valence-electron chi connectivity index (χ1n) is 11.6. The fraction of sp³-hybridized carbons (Fsp3) is 0.480. The van der Waals surface area contributed by atoms with Crippen LogP contribution in [0.25, 0.3) is 16.7 Å². The predicted octanol–water partition coefficient (Wildman–Crippen LogP) is 5.88. The molecular weight excluding hydrogens is 390 g/mol. The second kappa shape index (κ2) is 8.69. The number of benzene rings is 1. The van der Waals surface area contributed by atoms with Crippen molar-refractivity contribution in [3.63, 3.8) is 0 Å². The lowest BCUT2D eigenvalue weighted by Crippen LogP contribution is -2.19. The SMILES string of the molecule is O=C(O)c1cc(OC2CCCCCCC2)c2c(C3CCC3)nn(-c3ccccc3)c2n1. The second-order valence-electron chi connectivity index (χ2n) is 8.85. The quantitative estimate of drug-likeness (QED) is 0.559. The number of rotatable bonds is 5. The number of carboxylic acid groups (broad SMARTS) is 1. The van der Waals surface area contributed by atoms with Gasteiger partial charge in [-0.25, -0.2) is 14.5 Å². The molecule has 162 valence electrons. The van der Waals surface area contributed by atoms with E-state index < -0.39 is 5.97 Å². The molecule has 6 nitrogen and oxygen atoms in total. The molecule has 0 amide bonds. The Bertz CT molecular complexity index is 1060. The van der Waals surface area contributed by atoms with Gasteiger partial charge in [0, 0.05) is 12.0 Å². The first-order valence-corrected chi connectivity index (χ1v) is 11.6. The van der Waals surface area contributed by atoms with Gasteiger partial charge in [-0.05, 0) is 50.7 Å². The average molecular weight is 420 g/mol. The number of para-hydroxylation sites is 1. The molecular formula is C25H29N3O3. The van der Waals surface area contributed by atoms with Gasteiger partial charge >= 0.3 is 5.97 Å². The van der Waals surface area contributed by atoms with Crippen LogP contribution < -0.4 is 4.74 Å². The molecule has 5 rings (SSSR count). The van der Waals surface area contributed by atoms with E-state index in [9.17, 15) is 9.90 Å². The van der Waals surface area contributed by atoms with Crippen molar-refractivity contribution in [2.24, 2.45) is 0 Å². The minimum absolute atomic E-state index is 0.00517. The highest BCUT2D eigenvalue weighted by Gasteiger charge is 2.30. The van der Waals surface area contributed by atoms with Gasteiger partial charge in [0.25, 0.3) is 0 Å². The topological polar surface area (TPSA) is 77.2 Å². The van der Waals surface area contributed by atoms with Crippen molar-refractivity contribution in [1.29, 1.82) is 0 Å². The molecule has 3 aromatic rings. The summed E-state index contributed by atoms with van der Waals surface area (Å²) in [5, 5.41) is 15.6. The van der Waals surface area contributed by atoms with Crippen molar-refractivity contribution in [3.8, 4) is 11.4 Å². The zero-order valence-corrected chi connectivity index (χ0v) is 17.8. The van der Waals surface area contributed by atoms with Crippen molar-refractivity contribution in [2.75, 3.05) is 0 Å². The Morgan fingerprint density at radius 3 is 2.32 bits per heavy atom. The highest BCUT2D eigenvalue weighted by atomic mass is 16.5. The number of hydrogen-bond acceptors (Lipinski definition) is 4. The van der Waals surface area contributed by atoms with Crippen molar-refractivity contribution in [3.05, 3.63) is 47.8 Å². The largest absolute Gasteiger partial charge is 0.490 e. The normalized spacial score (nSPS) is 18.3. The number of nitrogens with zero attached hydrogens (tertiary/aromatic N) is 3. The lowest BCUT2D eigenvalue weighted by Gasteiger charge is -2.25. The fourth-order valence-corrected chi connectivity index (χ4v) is 4.74. The summed E-state index contributed by atoms with van der Waals surface area (Å²) in [6.07, 6.45) is 11.6. The monoisotopic (exact) mass is 419 g/mol. The van der Waals surface area contributed by atoms with E-state index in [0.29, 0.717) is 17.3 Å². The molecule has 0 unspecified atom stereocenters. The van der Waals surface area contributed by atoms with Gasteiger partial charge in [0.1, 0.15) is 5.75 Å². The van der Waals surface area contributed by atoms with Crippen LogP contribution in [-0.2, 0) is 0 Å². The standard InChI is InChI=1S/C25H29N3O3/c29-25(30)20-16-21(31-19-14-7-2-1-3-8-15-19)22-23(17-10-9-11-17)27-28(24(22)26-20)18-12-5-4-6-13-18/h4-6,12-13,16-17,19H,1-3,7-11,14-15H2,(H,29,30). The third kappa shape index (κ3) is 4.03. The Hall–Kier alpha value is -2.89. The van der Waals surface area contributed by atoms with E-state index >= 15 is 0 Å². The third-order valence-corrected chi connectivity index (χ3v) is 6.69. The molecule has 0 aliphatic heterocycles. The molecule has 0 atom stereocenters. The molecule has 2 aromatic heterocycles. The smallest absolute Gasteiger partial charge is 0.354 e. The summed E-state index contributed by atoms with van der Waals surface area (Å²) in [5.41, 5.74) is 2.46. The van der Waals surface area contributed by atoms with Gasteiger partial charge in [-0.2, -0.15) is 5.10 Å². The first-order chi connectivity index (χ1) is 15.2. The Morgan fingerprint density at radius 2 is 1.68 bits per heavy atom. The lowest BCUT2D eigenvalue weighted by molar-refractivity contribution is 0.0689. The highest BCUT2D eigenvalue weighted by molar-refractivity contribution is 5.94. The van der Waals surface area contributed by atoms with E-state index in [1.54, 1.807) is 10.7 Å². The number of ether oxygens (including phenoxy) is 1. The number of carbonyl (C=O) groups is 1. The molecule has 2 aliphatic carbocycles. The van der Waals surface area contributed by atoms with Gasteiger partial charge in [0.2, 0.25) is 0 Å². The second-order valence-corrected chi connectivity index (χ2v) is 8.85. The summed E-state index contributed by atoms with van der Waals surface area (Å²) in [6, 6.07) is 11.4. The third-order valence-electron chi connectivity index (χ3n) is 6.69. The summed E-state index contributed by atoms with van der Waals surface area (Å²) >= 11 is 0. The number of aromatic carboxylic acids is 1. The Kier molecular flexibility index (Phi) is 5.62. The summed E-state index contributed by atoms with van der Waals surface area (Å²) in [6.45, 7) is 0. The number of carboxylic acids is 1. The molecule has 1 aromatic carbocycles. The number of fused-ring (bicyclic) bond motifs is 1. The van der Waals surface area contributed by atoms with E-state index in [4.69, 9.17) is 9.84 Å². The predicted molar refractivity (Wildman–Crippen MR) is 119 cm³/mol. The van der Waals surface area contributed by atoms with Crippen molar-refractivity contribution < 1.29 is 14.6 Å². The van der Waals surface area contributed by atoms with Crippen LogP contribution in [0.2, 0.25) is 0 Å². The summed E-state index contributed by atoms with van der Waals surface area (Å²) in [5.74, 6) is -0.0305. The summed E-state index contributed by atoms with van der Waals surface area (Å²) < 4.78 is 8.34. The number of pyridine rings is 1. The zero-order valence-electron chi connectivity index (χ0n) is 17.8. The van der Waals surface area contributed by atoms with E-state index in [0.717, 1.165) is 55.3 Å². The maximum absolute atomic E-state index is 11.9. The summed E-state index contributed by atoms with van der Waals surface area (Å²) in [7, 11) is 0. The molecule has 2 saturated carbocycles. The van der Waals surface area contributed by atoms with Crippen LogP contribution in [0.5, 0.6) is 5.75 Å². The molecule has 2 heterocycles. The van der Waals surface area contributed by atoms with Crippen molar-refractivity contribution >= 4 is 17.0 Å². The molecule has 6 heteroatoms. The van der Waals surface area contributed by atoms with E-state index in [2.05, 4.69) is 4.98 Å². The molecule has 31 heavy (non-hydrogen) atoms. The summed E-state index contributed by atoms with van der Waals surface area (Å²) in [4.78, 5) is 16.4. The minimum atomic E-state index is -1.05. The van der Waals surface area contributed by atoms with E-state index in [1.807, 2.05) is 30.3 Å². The van der Waals surface area contributed by atoms with Gasteiger partial charge in [0.05, 0.1) is 22.9 Å². The lowest BCUT2D eigenvalue weighted by atomic mass is 9.82. The Balaban J connectivity index is 1.65. The van der Waals surface area contributed by atoms with Crippen LogP contribution >= 0.6 is 0 Å². The van der Waals surface area contributed by atoms with Crippen molar-refractivity contribution in [1.82, 2.24) is 14.8 Å². The van der Waals surface area contributed by atoms with Crippen LogP contribution in [-0.4, -0.2) is 31.9 Å². The average Bonchev–Trinajstić information content (AvgIpc) is 3.08. The van der Waals surface area contributed by atoms with Gasteiger partial charge in [-0.3, -0.25) is 0 Å². The maximum Gasteiger partial charge on any atom is 0.354 e. The molecule has 0 bridgehead atoms. The molecule has 2 aliphatic rings. The van der Waals surface area contributed by atoms with E-state index in [-0.39, 0.29) is 11.8 Å². The molecule has 0 radical (unpaired) electrons. The van der Waals surface area contributed by atoms with Gasteiger partial charge < -0.3 is 9.84 Å². The number of hydrogen-bond donors (Lipinski definition) is 1. The molecule has 0 spiro atoms. The van der Waals surface area contributed by atoms with Crippen molar-refractivity contribution in [2.45, 2.75) is 76.2 Å². The zero-order chi connectivity index (χ0) is 21.2. The Labute approximate surface area is 182 Å². The van der Waals surface area contributed by atoms with Crippen LogP contribution in [0.15, 0.2) is 36.4 Å². The van der Waals surface area contributed by atoms with Crippen LogP contribution in [0.3, 0.4) is 0 Å². The van der Waals surface area contributed by atoms with Gasteiger partial charge in [-0.1, -0.05) is 43.9 Å². The molecule has 2 fully saturated rings. The fourth-order valence-electron chi connectivity index (χ4n) is 4.74. The maximum atomic E-state index is 11.9. The van der Waals surface area contributed by atoms with Gasteiger partial charge in [0.15, 0.2) is 11.3 Å². The van der Waals surface area contributed by atoms with E-state index in [1.165, 1.54) is 25.7 Å². The number of aromatic nitrogens is 3. The molecule has 0 saturated heterocycles. The Morgan fingerprint density at radius 1 is 0.968 bits per heavy atom. The van der Waals surface area contributed by atoms with Crippen LogP contribution in [0.1, 0.15) is 86.3 Å². The van der Waals surface area contributed by atoms with Crippen LogP contribution in [0, 0.1) is 0 Å². The van der Waals surface area contributed by atoms with Gasteiger partial charge in [-0.15, -0.1) is 0 Å².